The number of hydrogen-bond donors (Lipinski definition) is 0. The number of rotatable bonds is 2. The molecule has 3 nitrogen and oxygen atoms in total. The summed E-state index contributed by atoms with van der Waals surface area (Å²) in [7, 11) is 0. The zero-order valence-corrected chi connectivity index (χ0v) is 12.3. The van der Waals surface area contributed by atoms with Crippen molar-refractivity contribution in [1.82, 2.24) is 4.98 Å². The van der Waals surface area contributed by atoms with Gasteiger partial charge in [0.25, 0.3) is 0 Å². The molecule has 1 fully saturated rings. The third kappa shape index (κ3) is 2.73. The van der Waals surface area contributed by atoms with Crippen LogP contribution >= 0.6 is 15.9 Å². The van der Waals surface area contributed by atoms with E-state index in [9.17, 15) is 0 Å². The molecule has 1 saturated heterocycles. The molecule has 1 aliphatic heterocycles. The van der Waals surface area contributed by atoms with E-state index in [4.69, 9.17) is 0 Å². The molecular weight excluding hydrogens is 302 g/mol. The predicted molar refractivity (Wildman–Crippen MR) is 82.8 cm³/mol. The van der Waals surface area contributed by atoms with Crippen LogP contribution in [0.3, 0.4) is 0 Å². The topological polar surface area (TPSA) is 19.4 Å². The lowest BCUT2D eigenvalue weighted by Gasteiger charge is -2.37. The SMILES string of the molecule is Brc1cccnc1N1CCN(c2ccccc2)CC1. The molecule has 19 heavy (non-hydrogen) atoms. The highest BCUT2D eigenvalue weighted by Gasteiger charge is 2.19. The molecule has 0 amide bonds. The van der Waals surface area contributed by atoms with Crippen LogP contribution in [0.2, 0.25) is 0 Å². The van der Waals surface area contributed by atoms with Crippen molar-refractivity contribution in [2.24, 2.45) is 0 Å². The Hall–Kier alpha value is -1.55. The van der Waals surface area contributed by atoms with E-state index in [1.807, 2.05) is 18.3 Å². The first kappa shape index (κ1) is 12.5. The van der Waals surface area contributed by atoms with Crippen LogP contribution in [-0.4, -0.2) is 31.2 Å². The molecule has 2 heterocycles. The second kappa shape index (κ2) is 5.61. The molecule has 0 saturated carbocycles. The molecule has 98 valence electrons. The Balaban J connectivity index is 1.69. The minimum atomic E-state index is 1.00. The van der Waals surface area contributed by atoms with E-state index in [1.165, 1.54) is 5.69 Å². The van der Waals surface area contributed by atoms with Crippen LogP contribution in [0.5, 0.6) is 0 Å². The lowest BCUT2D eigenvalue weighted by molar-refractivity contribution is 0.646. The third-order valence-corrected chi connectivity index (χ3v) is 4.06. The molecule has 3 rings (SSSR count). The van der Waals surface area contributed by atoms with Crippen LogP contribution in [0.1, 0.15) is 0 Å². The minimum Gasteiger partial charge on any atom is -0.368 e. The van der Waals surface area contributed by atoms with Crippen molar-refractivity contribution < 1.29 is 0 Å². The number of piperazine rings is 1. The number of anilines is 2. The van der Waals surface area contributed by atoms with E-state index >= 15 is 0 Å². The Bertz CT molecular complexity index is 536. The summed E-state index contributed by atoms with van der Waals surface area (Å²) in [5, 5.41) is 0. The van der Waals surface area contributed by atoms with Gasteiger partial charge in [0.2, 0.25) is 0 Å². The van der Waals surface area contributed by atoms with E-state index in [2.05, 4.69) is 61.0 Å². The van der Waals surface area contributed by atoms with Gasteiger partial charge < -0.3 is 9.80 Å². The molecule has 2 aromatic rings. The van der Waals surface area contributed by atoms with Crippen molar-refractivity contribution >= 4 is 27.4 Å². The number of aromatic nitrogens is 1. The van der Waals surface area contributed by atoms with Crippen LogP contribution in [0.25, 0.3) is 0 Å². The summed E-state index contributed by atoms with van der Waals surface area (Å²) in [6, 6.07) is 14.6. The van der Waals surface area contributed by atoms with Gasteiger partial charge in [-0.25, -0.2) is 4.98 Å². The van der Waals surface area contributed by atoms with E-state index in [0.29, 0.717) is 0 Å². The Morgan fingerprint density at radius 2 is 1.53 bits per heavy atom. The Kier molecular flexibility index (Phi) is 3.69. The fraction of sp³-hybridized carbons (Fsp3) is 0.267. The molecule has 0 aliphatic carbocycles. The summed E-state index contributed by atoms with van der Waals surface area (Å²) in [5.41, 5.74) is 1.31. The Labute approximate surface area is 122 Å². The van der Waals surface area contributed by atoms with E-state index < -0.39 is 0 Å². The summed E-state index contributed by atoms with van der Waals surface area (Å²) in [5.74, 6) is 1.05. The molecule has 0 spiro atoms. The van der Waals surface area contributed by atoms with Crippen molar-refractivity contribution in [3.05, 3.63) is 53.1 Å². The van der Waals surface area contributed by atoms with Gasteiger partial charge in [-0.1, -0.05) is 18.2 Å². The van der Waals surface area contributed by atoms with Gasteiger partial charge in [-0.2, -0.15) is 0 Å². The normalized spacial score (nSPS) is 15.6. The van der Waals surface area contributed by atoms with Crippen molar-refractivity contribution in [1.29, 1.82) is 0 Å². The lowest BCUT2D eigenvalue weighted by atomic mass is 10.2. The lowest BCUT2D eigenvalue weighted by Crippen LogP contribution is -2.46. The highest BCUT2D eigenvalue weighted by atomic mass is 79.9. The maximum atomic E-state index is 4.46. The van der Waals surface area contributed by atoms with Gasteiger partial charge in [-0.3, -0.25) is 0 Å². The van der Waals surface area contributed by atoms with Gasteiger partial charge in [0.1, 0.15) is 5.82 Å². The standard InChI is InChI=1S/C15H16BrN3/c16-14-7-4-8-17-15(14)19-11-9-18(10-12-19)13-5-2-1-3-6-13/h1-8H,9-12H2. The first-order chi connectivity index (χ1) is 9.34. The molecule has 1 aromatic heterocycles. The molecule has 1 aromatic carbocycles. The third-order valence-electron chi connectivity index (χ3n) is 3.44. The average Bonchev–Trinajstić information content (AvgIpc) is 2.49. The minimum absolute atomic E-state index is 1.00. The molecule has 0 atom stereocenters. The number of nitrogens with zero attached hydrogens (tertiary/aromatic N) is 3. The molecule has 4 heteroatoms. The van der Waals surface area contributed by atoms with E-state index in [1.54, 1.807) is 0 Å². The number of hydrogen-bond acceptors (Lipinski definition) is 3. The van der Waals surface area contributed by atoms with Crippen molar-refractivity contribution in [2.45, 2.75) is 0 Å². The van der Waals surface area contributed by atoms with Gasteiger partial charge in [-0.15, -0.1) is 0 Å². The second-order valence-corrected chi connectivity index (χ2v) is 5.47. The molecule has 0 N–H and O–H groups in total. The fourth-order valence-corrected chi connectivity index (χ4v) is 2.93. The van der Waals surface area contributed by atoms with Crippen LogP contribution in [0, 0.1) is 0 Å². The monoisotopic (exact) mass is 317 g/mol. The molecule has 1 aliphatic rings. The van der Waals surface area contributed by atoms with Crippen LogP contribution in [-0.2, 0) is 0 Å². The summed E-state index contributed by atoms with van der Waals surface area (Å²) in [6.45, 7) is 4.08. The molecule has 0 unspecified atom stereocenters. The number of halogens is 1. The Morgan fingerprint density at radius 1 is 0.842 bits per heavy atom. The summed E-state index contributed by atoms with van der Waals surface area (Å²) >= 11 is 3.57. The highest BCUT2D eigenvalue weighted by Crippen LogP contribution is 2.25. The molecule has 0 bridgehead atoms. The van der Waals surface area contributed by atoms with Crippen LogP contribution in [0.4, 0.5) is 11.5 Å². The first-order valence-electron chi connectivity index (χ1n) is 6.50. The smallest absolute Gasteiger partial charge is 0.142 e. The highest BCUT2D eigenvalue weighted by molar-refractivity contribution is 9.10. The van der Waals surface area contributed by atoms with Gasteiger partial charge in [0, 0.05) is 38.1 Å². The van der Waals surface area contributed by atoms with E-state index in [0.717, 1.165) is 36.5 Å². The predicted octanol–water partition coefficient (Wildman–Crippen LogP) is 3.17. The Morgan fingerprint density at radius 3 is 2.21 bits per heavy atom. The van der Waals surface area contributed by atoms with Crippen LogP contribution < -0.4 is 9.80 Å². The van der Waals surface area contributed by atoms with Crippen molar-refractivity contribution in [3.8, 4) is 0 Å². The van der Waals surface area contributed by atoms with Gasteiger partial charge in [0.05, 0.1) is 4.47 Å². The largest absolute Gasteiger partial charge is 0.368 e. The summed E-state index contributed by atoms with van der Waals surface area (Å²) < 4.78 is 1.07. The maximum Gasteiger partial charge on any atom is 0.142 e. The molecule has 0 radical (unpaired) electrons. The fourth-order valence-electron chi connectivity index (χ4n) is 2.43. The number of para-hydroxylation sites is 1. The molecular formula is C15H16BrN3. The summed E-state index contributed by atoms with van der Waals surface area (Å²) in [6.07, 6.45) is 1.85. The number of pyridine rings is 1. The van der Waals surface area contributed by atoms with E-state index in [-0.39, 0.29) is 0 Å². The average molecular weight is 318 g/mol. The summed E-state index contributed by atoms with van der Waals surface area (Å²) in [4.78, 5) is 9.22. The van der Waals surface area contributed by atoms with Crippen molar-refractivity contribution in [2.75, 3.05) is 36.0 Å². The van der Waals surface area contributed by atoms with Crippen LogP contribution in [0.15, 0.2) is 53.1 Å². The van der Waals surface area contributed by atoms with Gasteiger partial charge in [0.15, 0.2) is 0 Å². The first-order valence-corrected chi connectivity index (χ1v) is 7.29. The quantitative estimate of drug-likeness (QED) is 0.848. The van der Waals surface area contributed by atoms with Gasteiger partial charge >= 0.3 is 0 Å². The second-order valence-electron chi connectivity index (χ2n) is 4.62. The van der Waals surface area contributed by atoms with Crippen molar-refractivity contribution in [3.63, 3.8) is 0 Å². The zero-order valence-electron chi connectivity index (χ0n) is 10.7. The zero-order chi connectivity index (χ0) is 13.1. The number of benzene rings is 1. The van der Waals surface area contributed by atoms with Gasteiger partial charge in [-0.05, 0) is 40.2 Å². The maximum absolute atomic E-state index is 4.46.